The van der Waals surface area contributed by atoms with Gasteiger partial charge in [-0.2, -0.15) is 0 Å². The van der Waals surface area contributed by atoms with Gasteiger partial charge in [-0.05, 0) is 12.1 Å². The SMILES string of the molecule is O=C1CC(NCc2ccc(CO)o2)CN1. The molecule has 1 atom stereocenters. The minimum Gasteiger partial charge on any atom is -0.462 e. The van der Waals surface area contributed by atoms with Crippen LogP contribution in [0.1, 0.15) is 17.9 Å². The first-order chi connectivity index (χ1) is 7.28. The highest BCUT2D eigenvalue weighted by Crippen LogP contribution is 2.08. The van der Waals surface area contributed by atoms with Crippen molar-refractivity contribution in [1.82, 2.24) is 10.6 Å². The molecule has 5 nitrogen and oxygen atoms in total. The van der Waals surface area contributed by atoms with Crippen LogP contribution in [0.15, 0.2) is 16.5 Å². The molecular formula is C10H14N2O3. The van der Waals surface area contributed by atoms with Crippen molar-refractivity contribution in [3.63, 3.8) is 0 Å². The molecular weight excluding hydrogens is 196 g/mol. The van der Waals surface area contributed by atoms with E-state index in [1.54, 1.807) is 6.07 Å². The van der Waals surface area contributed by atoms with Gasteiger partial charge in [-0.15, -0.1) is 0 Å². The van der Waals surface area contributed by atoms with Crippen LogP contribution in [0.25, 0.3) is 0 Å². The number of hydrogen-bond donors (Lipinski definition) is 3. The molecule has 1 unspecified atom stereocenters. The van der Waals surface area contributed by atoms with Crippen LogP contribution in [0.2, 0.25) is 0 Å². The highest BCUT2D eigenvalue weighted by molar-refractivity contribution is 5.78. The van der Waals surface area contributed by atoms with Gasteiger partial charge < -0.3 is 20.2 Å². The van der Waals surface area contributed by atoms with E-state index < -0.39 is 0 Å². The number of hydrogen-bond acceptors (Lipinski definition) is 4. The van der Waals surface area contributed by atoms with Gasteiger partial charge in [0.15, 0.2) is 0 Å². The van der Waals surface area contributed by atoms with Gasteiger partial charge in [-0.3, -0.25) is 4.79 Å². The van der Waals surface area contributed by atoms with Crippen LogP contribution in [0, 0.1) is 0 Å². The van der Waals surface area contributed by atoms with Crippen LogP contribution < -0.4 is 10.6 Å². The van der Waals surface area contributed by atoms with Crippen molar-refractivity contribution in [3.05, 3.63) is 23.7 Å². The highest BCUT2D eigenvalue weighted by atomic mass is 16.4. The molecule has 1 aromatic rings. The van der Waals surface area contributed by atoms with Crippen molar-refractivity contribution in [2.24, 2.45) is 0 Å². The van der Waals surface area contributed by atoms with Crippen molar-refractivity contribution in [1.29, 1.82) is 0 Å². The van der Waals surface area contributed by atoms with E-state index in [2.05, 4.69) is 10.6 Å². The average Bonchev–Trinajstić information content (AvgIpc) is 2.83. The maximum absolute atomic E-state index is 10.9. The van der Waals surface area contributed by atoms with E-state index in [-0.39, 0.29) is 18.6 Å². The quantitative estimate of drug-likeness (QED) is 0.640. The summed E-state index contributed by atoms with van der Waals surface area (Å²) in [4.78, 5) is 10.9. The molecule has 0 aliphatic carbocycles. The van der Waals surface area contributed by atoms with Gasteiger partial charge in [-0.1, -0.05) is 0 Å². The lowest BCUT2D eigenvalue weighted by Gasteiger charge is -2.07. The summed E-state index contributed by atoms with van der Waals surface area (Å²) in [5, 5.41) is 14.8. The summed E-state index contributed by atoms with van der Waals surface area (Å²) >= 11 is 0. The van der Waals surface area contributed by atoms with Crippen molar-refractivity contribution in [2.75, 3.05) is 6.54 Å². The number of furan rings is 1. The number of aliphatic hydroxyl groups is 1. The largest absolute Gasteiger partial charge is 0.462 e. The fraction of sp³-hybridized carbons (Fsp3) is 0.500. The second-order valence-electron chi connectivity index (χ2n) is 3.61. The normalized spacial score (nSPS) is 20.6. The zero-order chi connectivity index (χ0) is 10.7. The first kappa shape index (κ1) is 10.2. The molecule has 1 aliphatic rings. The molecule has 1 aliphatic heterocycles. The minimum atomic E-state index is -0.0799. The van der Waals surface area contributed by atoms with Gasteiger partial charge in [-0.25, -0.2) is 0 Å². The molecule has 0 bridgehead atoms. The highest BCUT2D eigenvalue weighted by Gasteiger charge is 2.20. The van der Waals surface area contributed by atoms with E-state index in [0.717, 1.165) is 5.76 Å². The third-order valence-electron chi connectivity index (χ3n) is 2.42. The van der Waals surface area contributed by atoms with E-state index >= 15 is 0 Å². The van der Waals surface area contributed by atoms with Crippen LogP contribution in [-0.2, 0) is 17.9 Å². The van der Waals surface area contributed by atoms with Gasteiger partial charge in [0, 0.05) is 19.0 Å². The number of aliphatic hydroxyl groups excluding tert-OH is 1. The first-order valence-corrected chi connectivity index (χ1v) is 4.96. The molecule has 0 aromatic carbocycles. The smallest absolute Gasteiger partial charge is 0.221 e. The van der Waals surface area contributed by atoms with Crippen molar-refractivity contribution in [3.8, 4) is 0 Å². The summed E-state index contributed by atoms with van der Waals surface area (Å²) in [6.07, 6.45) is 0.521. The van der Waals surface area contributed by atoms with Crippen LogP contribution in [0.5, 0.6) is 0 Å². The maximum Gasteiger partial charge on any atom is 0.221 e. The average molecular weight is 210 g/mol. The Labute approximate surface area is 87.5 Å². The van der Waals surface area contributed by atoms with Gasteiger partial charge in [0.2, 0.25) is 5.91 Å². The van der Waals surface area contributed by atoms with Gasteiger partial charge >= 0.3 is 0 Å². The second kappa shape index (κ2) is 4.46. The molecule has 1 fully saturated rings. The van der Waals surface area contributed by atoms with Crippen molar-refractivity contribution >= 4 is 5.91 Å². The number of nitrogens with one attached hydrogen (secondary N) is 2. The number of amides is 1. The van der Waals surface area contributed by atoms with Gasteiger partial charge in [0.05, 0.1) is 6.54 Å². The number of carbonyl (C=O) groups excluding carboxylic acids is 1. The zero-order valence-electron chi connectivity index (χ0n) is 8.32. The van der Waals surface area contributed by atoms with Crippen molar-refractivity contribution < 1.29 is 14.3 Å². The molecule has 82 valence electrons. The minimum absolute atomic E-state index is 0.0799. The van der Waals surface area contributed by atoms with Crippen LogP contribution in [-0.4, -0.2) is 23.6 Å². The third-order valence-corrected chi connectivity index (χ3v) is 2.42. The van der Waals surface area contributed by atoms with E-state index in [0.29, 0.717) is 25.3 Å². The monoisotopic (exact) mass is 210 g/mol. The van der Waals surface area contributed by atoms with Gasteiger partial charge in [0.1, 0.15) is 18.1 Å². The van der Waals surface area contributed by atoms with Crippen LogP contribution in [0.4, 0.5) is 0 Å². The van der Waals surface area contributed by atoms with Crippen LogP contribution >= 0.6 is 0 Å². The summed E-state index contributed by atoms with van der Waals surface area (Å²) in [7, 11) is 0. The molecule has 0 radical (unpaired) electrons. The van der Waals surface area contributed by atoms with E-state index in [4.69, 9.17) is 9.52 Å². The van der Waals surface area contributed by atoms with Crippen LogP contribution in [0.3, 0.4) is 0 Å². The van der Waals surface area contributed by atoms with E-state index in [9.17, 15) is 4.79 Å². The van der Waals surface area contributed by atoms with E-state index in [1.807, 2.05) is 6.07 Å². The molecule has 2 rings (SSSR count). The number of carbonyl (C=O) groups is 1. The lowest BCUT2D eigenvalue weighted by atomic mass is 10.2. The summed E-state index contributed by atoms with van der Waals surface area (Å²) in [6.45, 7) is 1.18. The maximum atomic E-state index is 10.9. The zero-order valence-corrected chi connectivity index (χ0v) is 8.32. The Balaban J connectivity index is 1.80. The first-order valence-electron chi connectivity index (χ1n) is 4.96. The number of rotatable bonds is 4. The molecule has 0 spiro atoms. The third kappa shape index (κ3) is 2.57. The molecule has 1 aromatic heterocycles. The molecule has 1 saturated heterocycles. The van der Waals surface area contributed by atoms with Gasteiger partial charge in [0.25, 0.3) is 0 Å². The standard InChI is InChI=1S/C10H14N2O3/c13-6-9-2-1-8(15-9)5-11-7-3-10(14)12-4-7/h1-2,7,11,13H,3-6H2,(H,12,14). The Morgan fingerprint density at radius 1 is 1.53 bits per heavy atom. The van der Waals surface area contributed by atoms with Crippen molar-refractivity contribution in [2.45, 2.75) is 25.6 Å². The predicted octanol–water partition coefficient (Wildman–Crippen LogP) is -0.250. The fourth-order valence-electron chi connectivity index (χ4n) is 1.60. The topological polar surface area (TPSA) is 74.5 Å². The molecule has 5 heteroatoms. The lowest BCUT2D eigenvalue weighted by molar-refractivity contribution is -0.119. The Morgan fingerprint density at radius 3 is 2.93 bits per heavy atom. The molecule has 3 N–H and O–H groups in total. The lowest BCUT2D eigenvalue weighted by Crippen LogP contribution is -2.30. The molecule has 2 heterocycles. The predicted molar refractivity (Wildman–Crippen MR) is 52.9 cm³/mol. The summed E-state index contributed by atoms with van der Waals surface area (Å²) in [5.41, 5.74) is 0. The summed E-state index contributed by atoms with van der Waals surface area (Å²) < 4.78 is 5.30. The molecule has 1 amide bonds. The Morgan fingerprint density at radius 2 is 2.33 bits per heavy atom. The summed E-state index contributed by atoms with van der Waals surface area (Å²) in [6, 6.07) is 3.75. The summed E-state index contributed by atoms with van der Waals surface area (Å²) in [5.74, 6) is 1.42. The van der Waals surface area contributed by atoms with E-state index in [1.165, 1.54) is 0 Å². The Bertz CT molecular complexity index is 348. The molecule has 15 heavy (non-hydrogen) atoms. The fourth-order valence-corrected chi connectivity index (χ4v) is 1.60. The molecule has 0 saturated carbocycles. The Kier molecular flexibility index (Phi) is 3.03. The second-order valence-corrected chi connectivity index (χ2v) is 3.61. The Hall–Kier alpha value is -1.33.